The third-order valence-corrected chi connectivity index (χ3v) is 6.48. The molecular weight excluding hydrogens is 342 g/mol. The SMILES string of the molecule is Cc1n[nH]c(C)c1S(=O)(=O)N(CCBr)C1CCCCC1. The van der Waals surface area contributed by atoms with Gasteiger partial charge in [0.1, 0.15) is 4.90 Å². The Morgan fingerprint density at radius 3 is 2.45 bits per heavy atom. The van der Waals surface area contributed by atoms with Gasteiger partial charge in [0.2, 0.25) is 10.0 Å². The molecule has 0 spiro atoms. The number of hydrogen-bond donors (Lipinski definition) is 1. The Balaban J connectivity index is 2.36. The molecule has 114 valence electrons. The zero-order valence-corrected chi connectivity index (χ0v) is 14.4. The van der Waals surface area contributed by atoms with E-state index in [1.807, 2.05) is 0 Å². The van der Waals surface area contributed by atoms with Crippen molar-refractivity contribution < 1.29 is 8.42 Å². The highest BCUT2D eigenvalue weighted by molar-refractivity contribution is 9.09. The highest BCUT2D eigenvalue weighted by Crippen LogP contribution is 2.29. The van der Waals surface area contributed by atoms with Crippen molar-refractivity contribution in [3.05, 3.63) is 11.4 Å². The lowest BCUT2D eigenvalue weighted by atomic mass is 9.95. The van der Waals surface area contributed by atoms with E-state index in [1.54, 1.807) is 18.2 Å². The van der Waals surface area contributed by atoms with Crippen molar-refractivity contribution in [1.29, 1.82) is 0 Å². The van der Waals surface area contributed by atoms with Crippen molar-refractivity contribution in [2.75, 3.05) is 11.9 Å². The van der Waals surface area contributed by atoms with Gasteiger partial charge in [-0.1, -0.05) is 35.2 Å². The van der Waals surface area contributed by atoms with Gasteiger partial charge in [0, 0.05) is 17.9 Å². The van der Waals surface area contributed by atoms with E-state index >= 15 is 0 Å². The molecule has 7 heteroatoms. The summed E-state index contributed by atoms with van der Waals surface area (Å²) in [6, 6.07) is 0.125. The van der Waals surface area contributed by atoms with Crippen LogP contribution in [0.2, 0.25) is 0 Å². The second-order valence-electron chi connectivity index (χ2n) is 5.36. The fourth-order valence-corrected chi connectivity index (χ4v) is 5.63. The first kappa shape index (κ1) is 16.0. The van der Waals surface area contributed by atoms with Crippen LogP contribution < -0.4 is 0 Å². The van der Waals surface area contributed by atoms with E-state index in [1.165, 1.54) is 6.42 Å². The standard InChI is InChI=1S/C13H22BrN3O2S/c1-10-13(11(2)16-15-10)20(18,19)17(9-8-14)12-6-4-3-5-7-12/h12H,3-9H2,1-2H3,(H,15,16). The minimum atomic E-state index is -3.47. The zero-order valence-electron chi connectivity index (χ0n) is 12.0. The van der Waals surface area contributed by atoms with Crippen LogP contribution >= 0.6 is 15.9 Å². The normalized spacial score (nSPS) is 17.8. The van der Waals surface area contributed by atoms with Gasteiger partial charge in [-0.15, -0.1) is 0 Å². The fourth-order valence-electron chi connectivity index (χ4n) is 2.99. The molecule has 0 saturated heterocycles. The summed E-state index contributed by atoms with van der Waals surface area (Å²) in [6.45, 7) is 4.01. The third-order valence-electron chi connectivity index (χ3n) is 3.91. The number of alkyl halides is 1. The molecule has 0 amide bonds. The summed E-state index contributed by atoms with van der Waals surface area (Å²) in [6.07, 6.45) is 5.36. The molecule has 1 saturated carbocycles. The number of aromatic nitrogens is 2. The van der Waals surface area contributed by atoms with Gasteiger partial charge in [0.25, 0.3) is 0 Å². The molecule has 1 N–H and O–H groups in total. The molecule has 2 rings (SSSR count). The molecule has 1 fully saturated rings. The first-order chi connectivity index (χ1) is 9.48. The molecule has 1 aliphatic carbocycles. The molecule has 1 heterocycles. The molecule has 1 aliphatic rings. The number of halogens is 1. The Labute approximate surface area is 129 Å². The number of rotatable bonds is 5. The van der Waals surface area contributed by atoms with Crippen molar-refractivity contribution >= 4 is 26.0 Å². The highest BCUT2D eigenvalue weighted by Gasteiger charge is 2.34. The van der Waals surface area contributed by atoms with E-state index in [0.29, 0.717) is 28.2 Å². The smallest absolute Gasteiger partial charge is 0.247 e. The molecule has 5 nitrogen and oxygen atoms in total. The van der Waals surface area contributed by atoms with Crippen LogP contribution in [-0.2, 0) is 10.0 Å². The first-order valence-electron chi connectivity index (χ1n) is 7.08. The topological polar surface area (TPSA) is 66.1 Å². The largest absolute Gasteiger partial charge is 0.281 e. The molecule has 0 bridgehead atoms. The van der Waals surface area contributed by atoms with Crippen LogP contribution in [0.4, 0.5) is 0 Å². The predicted molar refractivity (Wildman–Crippen MR) is 82.6 cm³/mol. The van der Waals surface area contributed by atoms with Crippen LogP contribution in [0.25, 0.3) is 0 Å². The monoisotopic (exact) mass is 363 g/mol. The molecular formula is C13H22BrN3O2S. The molecule has 1 aromatic rings. The van der Waals surface area contributed by atoms with Crippen molar-refractivity contribution in [2.45, 2.75) is 56.9 Å². The van der Waals surface area contributed by atoms with E-state index in [2.05, 4.69) is 26.1 Å². The van der Waals surface area contributed by atoms with Gasteiger partial charge in [-0.2, -0.15) is 9.40 Å². The Morgan fingerprint density at radius 1 is 1.30 bits per heavy atom. The average molecular weight is 364 g/mol. The maximum absolute atomic E-state index is 13.0. The van der Waals surface area contributed by atoms with Crippen molar-refractivity contribution in [3.63, 3.8) is 0 Å². The number of nitrogens with zero attached hydrogens (tertiary/aromatic N) is 2. The van der Waals surface area contributed by atoms with Crippen LogP contribution in [0.3, 0.4) is 0 Å². The second-order valence-corrected chi connectivity index (χ2v) is 7.98. The summed E-state index contributed by atoms with van der Waals surface area (Å²) in [4.78, 5) is 0.351. The average Bonchev–Trinajstić information content (AvgIpc) is 2.77. The lowest BCUT2D eigenvalue weighted by Crippen LogP contribution is -2.42. The highest BCUT2D eigenvalue weighted by atomic mass is 79.9. The number of sulfonamides is 1. The van der Waals surface area contributed by atoms with E-state index in [9.17, 15) is 8.42 Å². The Morgan fingerprint density at radius 2 is 1.95 bits per heavy atom. The second kappa shape index (κ2) is 6.58. The van der Waals surface area contributed by atoms with Crippen LogP contribution in [0.5, 0.6) is 0 Å². The number of H-pyrrole nitrogens is 1. The summed E-state index contributed by atoms with van der Waals surface area (Å²) in [5.74, 6) is 0. The van der Waals surface area contributed by atoms with Crippen LogP contribution in [0.1, 0.15) is 43.5 Å². The summed E-state index contributed by atoms with van der Waals surface area (Å²) >= 11 is 3.38. The van der Waals surface area contributed by atoms with E-state index in [-0.39, 0.29) is 6.04 Å². The lowest BCUT2D eigenvalue weighted by molar-refractivity contribution is 0.263. The van der Waals surface area contributed by atoms with Gasteiger partial charge in [-0.25, -0.2) is 8.42 Å². The van der Waals surface area contributed by atoms with E-state index in [0.717, 1.165) is 25.7 Å². The van der Waals surface area contributed by atoms with Crippen LogP contribution in [0.15, 0.2) is 4.90 Å². The summed E-state index contributed by atoms with van der Waals surface area (Å²) in [5, 5.41) is 7.45. The van der Waals surface area contributed by atoms with Crippen molar-refractivity contribution in [1.82, 2.24) is 14.5 Å². The molecule has 0 radical (unpaired) electrons. The molecule has 0 unspecified atom stereocenters. The number of hydrogen-bond acceptors (Lipinski definition) is 3. The van der Waals surface area contributed by atoms with Gasteiger partial charge in [-0.05, 0) is 26.7 Å². The van der Waals surface area contributed by atoms with Gasteiger partial charge >= 0.3 is 0 Å². The Bertz CT molecular complexity index is 530. The minimum absolute atomic E-state index is 0.125. The zero-order chi connectivity index (χ0) is 14.8. The predicted octanol–water partition coefficient (Wildman–Crippen LogP) is 2.74. The summed E-state index contributed by atoms with van der Waals surface area (Å²) in [7, 11) is -3.47. The van der Waals surface area contributed by atoms with Gasteiger partial charge in [0.15, 0.2) is 0 Å². The molecule has 0 aromatic carbocycles. The Kier molecular flexibility index (Phi) is 5.25. The van der Waals surface area contributed by atoms with E-state index in [4.69, 9.17) is 0 Å². The van der Waals surface area contributed by atoms with Crippen molar-refractivity contribution in [3.8, 4) is 0 Å². The Hall–Kier alpha value is -0.400. The van der Waals surface area contributed by atoms with E-state index < -0.39 is 10.0 Å². The van der Waals surface area contributed by atoms with Gasteiger partial charge in [0.05, 0.1) is 11.4 Å². The molecule has 20 heavy (non-hydrogen) atoms. The van der Waals surface area contributed by atoms with Gasteiger partial charge < -0.3 is 0 Å². The number of aromatic amines is 1. The lowest BCUT2D eigenvalue weighted by Gasteiger charge is -2.33. The minimum Gasteiger partial charge on any atom is -0.281 e. The van der Waals surface area contributed by atoms with Gasteiger partial charge in [-0.3, -0.25) is 5.10 Å². The molecule has 0 aliphatic heterocycles. The van der Waals surface area contributed by atoms with Crippen LogP contribution in [0, 0.1) is 13.8 Å². The summed E-state index contributed by atoms with van der Waals surface area (Å²) in [5.41, 5.74) is 1.18. The first-order valence-corrected chi connectivity index (χ1v) is 9.64. The third kappa shape index (κ3) is 3.09. The maximum Gasteiger partial charge on any atom is 0.247 e. The molecule has 0 atom stereocenters. The van der Waals surface area contributed by atoms with Crippen molar-refractivity contribution in [2.24, 2.45) is 0 Å². The van der Waals surface area contributed by atoms with Crippen LogP contribution in [-0.4, -0.2) is 40.8 Å². The fraction of sp³-hybridized carbons (Fsp3) is 0.769. The maximum atomic E-state index is 13.0. The summed E-state index contributed by atoms with van der Waals surface area (Å²) < 4.78 is 27.6. The molecule has 1 aromatic heterocycles. The number of nitrogens with one attached hydrogen (secondary N) is 1. The number of aryl methyl sites for hydroxylation is 2. The quantitative estimate of drug-likeness (QED) is 0.817.